The van der Waals surface area contributed by atoms with E-state index in [2.05, 4.69) is 14.7 Å². The number of aliphatic hydroxyl groups excluding tert-OH is 2. The van der Waals surface area contributed by atoms with Crippen molar-refractivity contribution in [3.05, 3.63) is 59.2 Å². The Kier molecular flexibility index (Phi) is 16.7. The van der Waals surface area contributed by atoms with E-state index in [1.54, 1.807) is 0 Å². The quantitative estimate of drug-likeness (QED) is 0.376. The first-order chi connectivity index (χ1) is 13.0. The van der Waals surface area contributed by atoms with Gasteiger partial charge in [-0.25, -0.2) is 4.79 Å². The molecule has 0 aromatic carbocycles. The molecule has 0 atom stereocenters. The van der Waals surface area contributed by atoms with Crippen LogP contribution in [0.2, 0.25) is 0 Å². The number of halogens is 6. The molecule has 2 aromatic rings. The molecule has 0 saturated heterocycles. The number of rotatable bonds is 2. The Morgan fingerprint density at radius 1 is 1.00 bits per heavy atom. The second-order valence-corrected chi connectivity index (χ2v) is 4.60. The van der Waals surface area contributed by atoms with Crippen molar-refractivity contribution >= 4 is 14.4 Å². The number of aliphatic hydroxyl groups is 2. The molecule has 161 valence electrons. The summed E-state index contributed by atoms with van der Waals surface area (Å²) in [6.07, 6.45) is -5.44. The average molecular weight is 449 g/mol. The summed E-state index contributed by atoms with van der Waals surface area (Å²) in [5.74, 6) is -1.03. The predicted molar refractivity (Wildman–Crippen MR) is 90.7 cm³/mol. The van der Waals surface area contributed by atoms with E-state index < -0.39 is 41.6 Å². The maximum absolute atomic E-state index is 12.3. The minimum absolute atomic E-state index is 0. The second-order valence-electron chi connectivity index (χ2n) is 4.60. The van der Waals surface area contributed by atoms with Crippen molar-refractivity contribution in [2.45, 2.75) is 19.0 Å². The molecule has 2 aromatic heterocycles. The Morgan fingerprint density at radius 2 is 1.43 bits per heavy atom. The standard InChI is InChI=1S/C8H6F3NO2.C7H6F3NO.CH4O.B.Na.H/c1-14-7(13)5-2-3-12-4-6(5)8(9,10)11;8-7(9,10)6-3-11-2-1-5(6)4-12;1-2;;;/h2-4H,1H3;1-3,12H,4H2;2H,1H3;;;/q;;;;+1;-1. The van der Waals surface area contributed by atoms with Crippen LogP contribution in [0.1, 0.15) is 28.5 Å². The molecule has 0 unspecified atom stereocenters. The van der Waals surface area contributed by atoms with Crippen LogP contribution in [-0.2, 0) is 23.7 Å². The van der Waals surface area contributed by atoms with Gasteiger partial charge in [0, 0.05) is 40.3 Å². The van der Waals surface area contributed by atoms with Gasteiger partial charge in [-0.05, 0) is 17.7 Å². The molecule has 0 fully saturated rings. The Bertz CT molecular complexity index is 769. The first kappa shape index (κ1) is 33.0. The van der Waals surface area contributed by atoms with E-state index in [4.69, 9.17) is 10.2 Å². The normalized spacial score (nSPS) is 10.1. The number of aromatic nitrogens is 2. The number of hydrogen-bond donors (Lipinski definition) is 2. The Hall–Kier alpha value is -1.67. The summed E-state index contributed by atoms with van der Waals surface area (Å²) in [6, 6.07) is 2.11. The molecular formula is C16H17BF6N2NaO4. The van der Waals surface area contributed by atoms with E-state index in [0.29, 0.717) is 12.4 Å². The second kappa shape index (κ2) is 15.2. The number of esters is 1. The van der Waals surface area contributed by atoms with Crippen LogP contribution in [0, 0.1) is 0 Å². The van der Waals surface area contributed by atoms with Gasteiger partial charge in [0.05, 0.1) is 30.4 Å². The number of alkyl halides is 6. The molecule has 2 rings (SSSR count). The molecule has 30 heavy (non-hydrogen) atoms. The summed E-state index contributed by atoms with van der Waals surface area (Å²) >= 11 is 0. The van der Waals surface area contributed by atoms with Gasteiger partial charge in [-0.3, -0.25) is 9.97 Å². The molecule has 14 heteroatoms. The number of nitrogens with zero attached hydrogens (tertiary/aromatic N) is 2. The summed E-state index contributed by atoms with van der Waals surface area (Å²) in [6.45, 7) is -0.628. The summed E-state index contributed by atoms with van der Waals surface area (Å²) in [5, 5.41) is 15.6. The Balaban J connectivity index is -0.000000201. The van der Waals surface area contributed by atoms with Crippen molar-refractivity contribution < 1.29 is 77.1 Å². The van der Waals surface area contributed by atoms with E-state index in [0.717, 1.165) is 32.5 Å². The molecule has 3 radical (unpaired) electrons. The fraction of sp³-hybridized carbons (Fsp3) is 0.312. The summed E-state index contributed by atoms with van der Waals surface area (Å²) in [5.41, 5.74) is -2.66. The molecule has 2 heterocycles. The maximum atomic E-state index is 12.3. The summed E-state index contributed by atoms with van der Waals surface area (Å²) < 4.78 is 77.3. The molecule has 0 bridgehead atoms. The zero-order valence-corrected chi connectivity index (χ0v) is 18.1. The zero-order chi connectivity index (χ0) is 22.0. The molecule has 0 aliphatic heterocycles. The molecule has 0 amide bonds. The van der Waals surface area contributed by atoms with Gasteiger partial charge in [0.2, 0.25) is 0 Å². The van der Waals surface area contributed by atoms with Gasteiger partial charge in [0.15, 0.2) is 0 Å². The largest absolute Gasteiger partial charge is 1.00 e. The van der Waals surface area contributed by atoms with Crippen molar-refractivity contribution in [3.63, 3.8) is 0 Å². The van der Waals surface area contributed by atoms with Crippen LogP contribution in [0.5, 0.6) is 0 Å². The van der Waals surface area contributed by atoms with Crippen LogP contribution in [0.3, 0.4) is 0 Å². The van der Waals surface area contributed by atoms with Crippen LogP contribution in [0.4, 0.5) is 26.3 Å². The van der Waals surface area contributed by atoms with E-state index >= 15 is 0 Å². The van der Waals surface area contributed by atoms with Crippen LogP contribution in [0.15, 0.2) is 36.9 Å². The molecular weight excluding hydrogens is 432 g/mol. The number of ether oxygens (including phenoxy) is 1. The molecule has 0 spiro atoms. The summed E-state index contributed by atoms with van der Waals surface area (Å²) in [4.78, 5) is 17.6. The third kappa shape index (κ3) is 10.4. The monoisotopic (exact) mass is 449 g/mol. The van der Waals surface area contributed by atoms with Crippen LogP contribution in [0.25, 0.3) is 0 Å². The van der Waals surface area contributed by atoms with Gasteiger partial charge >= 0.3 is 47.9 Å². The van der Waals surface area contributed by atoms with Gasteiger partial charge < -0.3 is 16.4 Å². The minimum Gasteiger partial charge on any atom is -1.00 e. The SMILES string of the molecule is CO.COC(=O)c1ccncc1C(F)(F)F.OCc1ccncc1C(F)(F)F.[B].[H-].[Na+]. The predicted octanol–water partition coefficient (Wildman–Crippen LogP) is -0.176. The Labute approximate surface area is 193 Å². The average Bonchev–Trinajstić information content (AvgIpc) is 2.68. The maximum Gasteiger partial charge on any atom is 1.00 e. The number of pyridine rings is 2. The van der Waals surface area contributed by atoms with Crippen molar-refractivity contribution in [1.82, 2.24) is 9.97 Å². The smallest absolute Gasteiger partial charge is 1.00 e. The number of methoxy groups -OCH3 is 1. The zero-order valence-electron chi connectivity index (χ0n) is 17.1. The number of hydrogen-bond acceptors (Lipinski definition) is 6. The van der Waals surface area contributed by atoms with Gasteiger partial charge in [-0.2, -0.15) is 26.3 Å². The van der Waals surface area contributed by atoms with Gasteiger partial charge in [0.1, 0.15) is 0 Å². The molecule has 2 N–H and O–H groups in total. The summed E-state index contributed by atoms with van der Waals surface area (Å²) in [7, 11) is 2.02. The van der Waals surface area contributed by atoms with E-state index in [1.807, 2.05) is 0 Å². The molecule has 0 saturated carbocycles. The van der Waals surface area contributed by atoms with Crippen molar-refractivity contribution in [2.75, 3.05) is 14.2 Å². The number of carbonyl (C=O) groups is 1. The first-order valence-electron chi connectivity index (χ1n) is 7.17. The fourth-order valence-electron chi connectivity index (χ4n) is 1.72. The van der Waals surface area contributed by atoms with E-state index in [1.165, 1.54) is 6.20 Å². The van der Waals surface area contributed by atoms with Gasteiger partial charge in [-0.1, -0.05) is 0 Å². The van der Waals surface area contributed by atoms with Gasteiger partial charge in [-0.15, -0.1) is 0 Å². The fourth-order valence-corrected chi connectivity index (χ4v) is 1.72. The molecule has 0 aliphatic carbocycles. The topological polar surface area (TPSA) is 92.5 Å². The molecule has 6 nitrogen and oxygen atoms in total. The minimum atomic E-state index is -4.60. The van der Waals surface area contributed by atoms with Crippen molar-refractivity contribution in [2.24, 2.45) is 0 Å². The number of carbonyl (C=O) groups excluding carboxylic acids is 1. The first-order valence-corrected chi connectivity index (χ1v) is 7.17. The van der Waals surface area contributed by atoms with Crippen molar-refractivity contribution in [3.8, 4) is 0 Å². The van der Waals surface area contributed by atoms with Crippen LogP contribution in [-0.4, -0.2) is 48.8 Å². The third-order valence-electron chi connectivity index (χ3n) is 2.92. The Morgan fingerprint density at radius 3 is 1.80 bits per heavy atom. The van der Waals surface area contributed by atoms with Gasteiger partial charge in [0.25, 0.3) is 0 Å². The molecule has 0 aliphatic rings. The van der Waals surface area contributed by atoms with Crippen LogP contribution < -0.4 is 29.6 Å². The van der Waals surface area contributed by atoms with E-state index in [9.17, 15) is 31.1 Å². The third-order valence-corrected chi connectivity index (χ3v) is 2.92. The van der Waals surface area contributed by atoms with E-state index in [-0.39, 0.29) is 45.0 Å². The van der Waals surface area contributed by atoms with Crippen molar-refractivity contribution in [1.29, 1.82) is 0 Å². The van der Waals surface area contributed by atoms with Crippen LogP contribution >= 0.6 is 0 Å².